The summed E-state index contributed by atoms with van der Waals surface area (Å²) in [6, 6.07) is 5.72. The number of nitrogens with one attached hydrogen (secondary N) is 1. The van der Waals surface area contributed by atoms with Crippen LogP contribution in [0.1, 0.15) is 11.1 Å². The van der Waals surface area contributed by atoms with Crippen LogP contribution in [-0.2, 0) is 6.54 Å². The fourth-order valence-electron chi connectivity index (χ4n) is 2.29. The highest BCUT2D eigenvalue weighted by Crippen LogP contribution is 2.36. The number of halogens is 4. The molecule has 0 aromatic heterocycles. The number of nitrogens with zero attached hydrogens (tertiary/aromatic N) is 1. The summed E-state index contributed by atoms with van der Waals surface area (Å²) >= 11 is 5.86. The van der Waals surface area contributed by atoms with Gasteiger partial charge in [-0.25, -0.2) is 13.2 Å². The first-order valence-electron chi connectivity index (χ1n) is 5.77. The summed E-state index contributed by atoms with van der Waals surface area (Å²) in [4.78, 5) is 1.29. The van der Waals surface area contributed by atoms with E-state index in [1.165, 1.54) is 23.1 Å². The fraction of sp³-hybridized carbons (Fsp3) is 0.0714. The zero-order chi connectivity index (χ0) is 14.4. The Morgan fingerprint density at radius 1 is 1.05 bits per heavy atom. The van der Waals surface area contributed by atoms with Gasteiger partial charge in [-0.05, 0) is 23.8 Å². The molecular formula is C14H8ClF3N2. The molecule has 102 valence electrons. The molecule has 0 radical (unpaired) electrons. The Morgan fingerprint density at radius 3 is 2.50 bits per heavy atom. The van der Waals surface area contributed by atoms with Crippen molar-refractivity contribution in [3.8, 4) is 0 Å². The molecule has 1 aliphatic rings. The molecule has 2 aromatic carbocycles. The van der Waals surface area contributed by atoms with Gasteiger partial charge in [0.15, 0.2) is 5.82 Å². The Balaban J connectivity index is 2.09. The van der Waals surface area contributed by atoms with Crippen molar-refractivity contribution >= 4 is 23.1 Å². The molecule has 2 nitrogen and oxygen atoms in total. The number of amidine groups is 1. The second kappa shape index (κ2) is 4.52. The second-order valence-corrected chi connectivity index (χ2v) is 4.86. The van der Waals surface area contributed by atoms with E-state index in [4.69, 9.17) is 17.0 Å². The van der Waals surface area contributed by atoms with E-state index in [0.717, 1.165) is 6.07 Å². The van der Waals surface area contributed by atoms with Gasteiger partial charge in [-0.1, -0.05) is 17.7 Å². The molecule has 0 bridgehead atoms. The lowest BCUT2D eigenvalue weighted by Crippen LogP contribution is -2.24. The monoisotopic (exact) mass is 296 g/mol. The maximum Gasteiger partial charge on any atom is 0.151 e. The summed E-state index contributed by atoms with van der Waals surface area (Å²) in [5.74, 6) is -2.17. The standard InChI is InChI=1S/C14H8ClF3N2/c15-11-4-9(17)5-12(18)13(11)20-6-7-1-2-8(16)3-10(7)14(20)19/h1-5,19H,6H2. The Hall–Kier alpha value is -2.01. The first kappa shape index (κ1) is 13.0. The minimum absolute atomic E-state index is 0.0630. The van der Waals surface area contributed by atoms with Crippen LogP contribution in [0.15, 0.2) is 30.3 Å². The molecule has 0 saturated heterocycles. The Kier molecular flexibility index (Phi) is 2.94. The first-order valence-corrected chi connectivity index (χ1v) is 6.14. The van der Waals surface area contributed by atoms with Gasteiger partial charge in [0.25, 0.3) is 0 Å². The Labute approximate surface area is 117 Å². The number of rotatable bonds is 1. The molecule has 0 fully saturated rings. The van der Waals surface area contributed by atoms with Crippen molar-refractivity contribution in [3.63, 3.8) is 0 Å². The van der Waals surface area contributed by atoms with E-state index in [2.05, 4.69) is 0 Å². The number of hydrogen-bond acceptors (Lipinski definition) is 1. The average Bonchev–Trinajstić information content (AvgIpc) is 2.66. The summed E-state index contributed by atoms with van der Waals surface area (Å²) in [6.07, 6.45) is 0. The van der Waals surface area contributed by atoms with E-state index in [-0.39, 0.29) is 23.1 Å². The van der Waals surface area contributed by atoms with E-state index in [1.807, 2.05) is 0 Å². The molecule has 1 aliphatic heterocycles. The van der Waals surface area contributed by atoms with Crippen LogP contribution in [0, 0.1) is 22.9 Å². The molecule has 6 heteroatoms. The van der Waals surface area contributed by atoms with Gasteiger partial charge < -0.3 is 4.90 Å². The lowest BCUT2D eigenvalue weighted by molar-refractivity contribution is 0.583. The van der Waals surface area contributed by atoms with E-state index in [9.17, 15) is 13.2 Å². The summed E-state index contributed by atoms with van der Waals surface area (Å²) in [6.45, 7) is 0.191. The van der Waals surface area contributed by atoms with Gasteiger partial charge in [0.05, 0.1) is 17.3 Å². The van der Waals surface area contributed by atoms with Crippen molar-refractivity contribution in [2.24, 2.45) is 0 Å². The van der Waals surface area contributed by atoms with Crippen LogP contribution in [-0.4, -0.2) is 5.84 Å². The molecule has 0 saturated carbocycles. The van der Waals surface area contributed by atoms with Crippen LogP contribution in [0.25, 0.3) is 0 Å². The van der Waals surface area contributed by atoms with Gasteiger partial charge in [-0.3, -0.25) is 5.41 Å². The zero-order valence-corrected chi connectivity index (χ0v) is 10.8. The van der Waals surface area contributed by atoms with Crippen LogP contribution in [0.3, 0.4) is 0 Å². The second-order valence-electron chi connectivity index (χ2n) is 4.45. The normalized spacial score (nSPS) is 13.8. The SMILES string of the molecule is N=C1c2cc(F)ccc2CN1c1c(F)cc(F)cc1Cl. The molecule has 1 heterocycles. The van der Waals surface area contributed by atoms with Gasteiger partial charge >= 0.3 is 0 Å². The Morgan fingerprint density at radius 2 is 1.80 bits per heavy atom. The predicted octanol–water partition coefficient (Wildman–Crippen LogP) is 4.10. The summed E-state index contributed by atoms with van der Waals surface area (Å²) in [7, 11) is 0. The third-order valence-corrected chi connectivity index (χ3v) is 3.47. The lowest BCUT2D eigenvalue weighted by atomic mass is 10.1. The van der Waals surface area contributed by atoms with E-state index in [1.54, 1.807) is 0 Å². The maximum absolute atomic E-state index is 13.9. The fourth-order valence-corrected chi connectivity index (χ4v) is 2.58. The van der Waals surface area contributed by atoms with E-state index in [0.29, 0.717) is 17.2 Å². The molecule has 0 atom stereocenters. The molecule has 0 amide bonds. The van der Waals surface area contributed by atoms with Gasteiger partial charge in [0.2, 0.25) is 0 Å². The third-order valence-electron chi connectivity index (χ3n) is 3.18. The highest BCUT2D eigenvalue weighted by atomic mass is 35.5. The molecule has 1 N–H and O–H groups in total. The van der Waals surface area contributed by atoms with Gasteiger partial charge in [-0.15, -0.1) is 0 Å². The topological polar surface area (TPSA) is 27.1 Å². The number of fused-ring (bicyclic) bond motifs is 1. The minimum Gasteiger partial charge on any atom is -0.318 e. The highest BCUT2D eigenvalue weighted by Gasteiger charge is 2.29. The van der Waals surface area contributed by atoms with Gasteiger partial charge in [0.1, 0.15) is 17.5 Å². The smallest absolute Gasteiger partial charge is 0.151 e. The highest BCUT2D eigenvalue weighted by molar-refractivity contribution is 6.34. The number of hydrogen-bond donors (Lipinski definition) is 1. The first-order chi connectivity index (χ1) is 9.47. The number of anilines is 1. The summed E-state index contributed by atoms with van der Waals surface area (Å²) in [5.41, 5.74) is 0.996. The van der Waals surface area contributed by atoms with Crippen LogP contribution in [0.2, 0.25) is 5.02 Å². The summed E-state index contributed by atoms with van der Waals surface area (Å²) < 4.78 is 40.2. The van der Waals surface area contributed by atoms with Crippen molar-refractivity contribution in [3.05, 3.63) is 63.9 Å². The predicted molar refractivity (Wildman–Crippen MR) is 70.8 cm³/mol. The molecule has 3 rings (SSSR count). The minimum atomic E-state index is -0.854. The van der Waals surface area contributed by atoms with Crippen molar-refractivity contribution in [1.82, 2.24) is 0 Å². The maximum atomic E-state index is 13.9. The number of benzene rings is 2. The van der Waals surface area contributed by atoms with Crippen LogP contribution in [0.4, 0.5) is 18.9 Å². The molecule has 20 heavy (non-hydrogen) atoms. The van der Waals surface area contributed by atoms with E-state index < -0.39 is 17.5 Å². The Bertz CT molecular complexity index is 707. The molecule has 0 aliphatic carbocycles. The third kappa shape index (κ3) is 1.94. The van der Waals surface area contributed by atoms with E-state index >= 15 is 0 Å². The average molecular weight is 297 g/mol. The van der Waals surface area contributed by atoms with Gasteiger partial charge in [-0.2, -0.15) is 0 Å². The molecular weight excluding hydrogens is 289 g/mol. The van der Waals surface area contributed by atoms with Crippen molar-refractivity contribution in [1.29, 1.82) is 5.41 Å². The van der Waals surface area contributed by atoms with Crippen molar-refractivity contribution in [2.75, 3.05) is 4.90 Å². The lowest BCUT2D eigenvalue weighted by Gasteiger charge is -2.20. The van der Waals surface area contributed by atoms with Crippen LogP contribution in [0.5, 0.6) is 0 Å². The van der Waals surface area contributed by atoms with Crippen molar-refractivity contribution < 1.29 is 13.2 Å². The quantitative estimate of drug-likeness (QED) is 0.842. The van der Waals surface area contributed by atoms with Gasteiger partial charge in [0, 0.05) is 11.6 Å². The van der Waals surface area contributed by atoms with Crippen LogP contribution >= 0.6 is 11.6 Å². The van der Waals surface area contributed by atoms with Crippen molar-refractivity contribution in [2.45, 2.75) is 6.54 Å². The molecule has 2 aromatic rings. The largest absolute Gasteiger partial charge is 0.318 e. The molecule has 0 unspecified atom stereocenters. The summed E-state index contributed by atoms with van der Waals surface area (Å²) in [5, 5.41) is 7.88. The van der Waals surface area contributed by atoms with Crippen LogP contribution < -0.4 is 4.90 Å². The molecule has 0 spiro atoms. The zero-order valence-electron chi connectivity index (χ0n) is 10.1.